The van der Waals surface area contributed by atoms with Crippen molar-refractivity contribution >= 4 is 5.91 Å². The first kappa shape index (κ1) is 17.3. The molecule has 1 aromatic heterocycles. The number of aryl methyl sites for hydroxylation is 1. The van der Waals surface area contributed by atoms with Gasteiger partial charge in [0.05, 0.1) is 0 Å². The summed E-state index contributed by atoms with van der Waals surface area (Å²) in [7, 11) is 2.72. The predicted octanol–water partition coefficient (Wildman–Crippen LogP) is -0.172. The molecule has 1 aromatic rings. The fourth-order valence-corrected chi connectivity index (χ4v) is 2.67. The molecule has 0 bridgehead atoms. The predicted molar refractivity (Wildman–Crippen MR) is 75.3 cm³/mol. The fourth-order valence-electron chi connectivity index (χ4n) is 2.67. The van der Waals surface area contributed by atoms with Gasteiger partial charge in [0.25, 0.3) is 11.5 Å². The zero-order valence-corrected chi connectivity index (χ0v) is 12.6. The number of alkyl halides is 3. The summed E-state index contributed by atoms with van der Waals surface area (Å²) in [4.78, 5) is 38.1. The molecule has 1 aliphatic heterocycles. The van der Waals surface area contributed by atoms with Gasteiger partial charge in [-0.2, -0.15) is 13.2 Å². The third-order valence-electron chi connectivity index (χ3n) is 3.89. The van der Waals surface area contributed by atoms with Crippen molar-refractivity contribution in [2.45, 2.75) is 31.1 Å². The lowest BCUT2D eigenvalue weighted by molar-refractivity contribution is -0.188. The second-order valence-electron chi connectivity index (χ2n) is 5.66. The number of likely N-dealkylation sites (N-methyl/N-ethyl adjacent to an activating group) is 1. The molecule has 2 atom stereocenters. The molecular weight excluding hydrogens is 317 g/mol. The van der Waals surface area contributed by atoms with Crippen LogP contribution in [0, 0.1) is 0 Å². The molecule has 23 heavy (non-hydrogen) atoms. The van der Waals surface area contributed by atoms with Crippen LogP contribution in [0.5, 0.6) is 0 Å². The average molecular weight is 334 g/mol. The Balaban J connectivity index is 2.07. The summed E-state index contributed by atoms with van der Waals surface area (Å²) in [6.45, 7) is 0.0274. The van der Waals surface area contributed by atoms with Gasteiger partial charge in [-0.3, -0.25) is 19.5 Å². The molecule has 1 fully saturated rings. The van der Waals surface area contributed by atoms with Gasteiger partial charge in [0.2, 0.25) is 0 Å². The Bertz CT molecular complexity index is 710. The number of piperidine rings is 1. The van der Waals surface area contributed by atoms with Crippen LogP contribution < -0.4 is 16.6 Å². The number of likely N-dealkylation sites (tertiary alicyclic amines) is 1. The zero-order chi connectivity index (χ0) is 17.4. The van der Waals surface area contributed by atoms with Crippen molar-refractivity contribution < 1.29 is 18.0 Å². The van der Waals surface area contributed by atoms with E-state index in [4.69, 9.17) is 0 Å². The Labute approximate surface area is 129 Å². The SMILES string of the molecule is CN1C[C@@H](NC(=O)c2cn(C)c(=O)[nH]c2=O)CC[C@@H]1C(F)(F)F. The number of rotatable bonds is 2. The molecule has 0 unspecified atom stereocenters. The largest absolute Gasteiger partial charge is 0.404 e. The fraction of sp³-hybridized carbons (Fsp3) is 0.615. The number of hydrogen-bond acceptors (Lipinski definition) is 4. The molecule has 10 heteroatoms. The number of carbonyl (C=O) groups is 1. The van der Waals surface area contributed by atoms with Gasteiger partial charge in [-0.1, -0.05) is 0 Å². The zero-order valence-electron chi connectivity index (χ0n) is 12.6. The lowest BCUT2D eigenvalue weighted by atomic mass is 9.98. The quantitative estimate of drug-likeness (QED) is 0.786. The molecule has 128 valence electrons. The van der Waals surface area contributed by atoms with Gasteiger partial charge < -0.3 is 9.88 Å². The van der Waals surface area contributed by atoms with E-state index in [9.17, 15) is 27.6 Å². The van der Waals surface area contributed by atoms with Gasteiger partial charge in [0.15, 0.2) is 0 Å². The third kappa shape index (κ3) is 3.81. The van der Waals surface area contributed by atoms with Gasteiger partial charge in [0.1, 0.15) is 11.6 Å². The first-order valence-electron chi connectivity index (χ1n) is 6.97. The van der Waals surface area contributed by atoms with Crippen LogP contribution in [0.15, 0.2) is 15.8 Å². The first-order chi connectivity index (χ1) is 10.6. The molecule has 2 N–H and O–H groups in total. The van der Waals surface area contributed by atoms with Crippen LogP contribution in [0.4, 0.5) is 13.2 Å². The van der Waals surface area contributed by atoms with Crippen LogP contribution in [0.3, 0.4) is 0 Å². The number of aromatic amines is 1. The van der Waals surface area contributed by atoms with E-state index < -0.39 is 35.4 Å². The number of carbonyl (C=O) groups excluding carboxylic acids is 1. The minimum absolute atomic E-state index is 0.0274. The van der Waals surface area contributed by atoms with Gasteiger partial charge in [-0.25, -0.2) is 4.79 Å². The Hall–Kier alpha value is -2.10. The van der Waals surface area contributed by atoms with E-state index in [1.54, 1.807) is 0 Å². The number of aromatic nitrogens is 2. The monoisotopic (exact) mass is 334 g/mol. The van der Waals surface area contributed by atoms with E-state index in [0.29, 0.717) is 0 Å². The van der Waals surface area contributed by atoms with Crippen molar-refractivity contribution in [3.63, 3.8) is 0 Å². The molecule has 0 aliphatic carbocycles. The van der Waals surface area contributed by atoms with Crippen molar-refractivity contribution in [2.24, 2.45) is 7.05 Å². The van der Waals surface area contributed by atoms with Gasteiger partial charge in [0, 0.05) is 25.8 Å². The normalized spacial score (nSPS) is 22.8. The molecule has 2 heterocycles. The summed E-state index contributed by atoms with van der Waals surface area (Å²) < 4.78 is 39.4. The Morgan fingerprint density at radius 3 is 2.52 bits per heavy atom. The highest BCUT2D eigenvalue weighted by atomic mass is 19.4. The van der Waals surface area contributed by atoms with Gasteiger partial charge in [-0.15, -0.1) is 0 Å². The molecule has 1 saturated heterocycles. The summed E-state index contributed by atoms with van der Waals surface area (Å²) in [6, 6.07) is -2.03. The highest BCUT2D eigenvalue weighted by molar-refractivity contribution is 5.93. The van der Waals surface area contributed by atoms with E-state index >= 15 is 0 Å². The van der Waals surface area contributed by atoms with Gasteiger partial charge >= 0.3 is 11.9 Å². The Kier molecular flexibility index (Phi) is 4.64. The van der Waals surface area contributed by atoms with Crippen molar-refractivity contribution in [1.82, 2.24) is 19.8 Å². The molecule has 0 aromatic carbocycles. The summed E-state index contributed by atoms with van der Waals surface area (Å²) in [6.07, 6.45) is -3.18. The number of nitrogens with one attached hydrogen (secondary N) is 2. The Morgan fingerprint density at radius 1 is 1.30 bits per heavy atom. The maximum absolute atomic E-state index is 12.8. The maximum atomic E-state index is 12.8. The molecular formula is C13H17F3N4O3. The van der Waals surface area contributed by atoms with Gasteiger partial charge in [-0.05, 0) is 19.9 Å². The van der Waals surface area contributed by atoms with Crippen LogP contribution >= 0.6 is 0 Å². The van der Waals surface area contributed by atoms with Crippen LogP contribution in [-0.2, 0) is 7.05 Å². The van der Waals surface area contributed by atoms with Crippen LogP contribution in [0.25, 0.3) is 0 Å². The summed E-state index contributed by atoms with van der Waals surface area (Å²) in [5.74, 6) is -0.717. The topological polar surface area (TPSA) is 87.2 Å². The lowest BCUT2D eigenvalue weighted by Crippen LogP contribution is -2.55. The molecule has 1 aliphatic rings. The van der Waals surface area contributed by atoms with Crippen molar-refractivity contribution in [3.05, 3.63) is 32.6 Å². The van der Waals surface area contributed by atoms with Crippen LogP contribution in [-0.4, -0.2) is 52.2 Å². The average Bonchev–Trinajstić information content (AvgIpc) is 2.41. The van der Waals surface area contributed by atoms with E-state index in [1.165, 1.54) is 14.1 Å². The number of hydrogen-bond donors (Lipinski definition) is 2. The van der Waals surface area contributed by atoms with E-state index in [0.717, 1.165) is 15.7 Å². The molecule has 0 radical (unpaired) electrons. The smallest absolute Gasteiger partial charge is 0.348 e. The third-order valence-corrected chi connectivity index (χ3v) is 3.89. The minimum Gasteiger partial charge on any atom is -0.348 e. The summed E-state index contributed by atoms with van der Waals surface area (Å²) in [5, 5.41) is 2.54. The van der Waals surface area contributed by atoms with E-state index in [-0.39, 0.29) is 24.9 Å². The second-order valence-corrected chi connectivity index (χ2v) is 5.66. The van der Waals surface area contributed by atoms with Crippen molar-refractivity contribution in [3.8, 4) is 0 Å². The molecule has 0 saturated carbocycles. The standard InChI is InChI=1S/C13H17F3N4O3/c1-19-5-7(3-4-9(19)13(14,15)16)17-10(21)8-6-20(2)12(23)18-11(8)22/h6-7,9H,3-5H2,1-2H3,(H,17,21)(H,18,22,23)/t7-,9+/m0/s1. The molecule has 1 amide bonds. The second kappa shape index (κ2) is 6.19. The van der Waals surface area contributed by atoms with Crippen LogP contribution in [0.2, 0.25) is 0 Å². The summed E-state index contributed by atoms with van der Waals surface area (Å²) in [5.41, 5.74) is -1.74. The van der Waals surface area contributed by atoms with Crippen molar-refractivity contribution in [1.29, 1.82) is 0 Å². The van der Waals surface area contributed by atoms with Crippen LogP contribution in [0.1, 0.15) is 23.2 Å². The highest BCUT2D eigenvalue weighted by Gasteiger charge is 2.44. The lowest BCUT2D eigenvalue weighted by Gasteiger charge is -2.38. The first-order valence-corrected chi connectivity index (χ1v) is 6.97. The Morgan fingerprint density at radius 2 is 1.96 bits per heavy atom. The number of H-pyrrole nitrogens is 1. The maximum Gasteiger partial charge on any atom is 0.404 e. The minimum atomic E-state index is -4.31. The molecule has 7 nitrogen and oxygen atoms in total. The van der Waals surface area contributed by atoms with Crippen molar-refractivity contribution in [2.75, 3.05) is 13.6 Å². The van der Waals surface area contributed by atoms with E-state index in [2.05, 4.69) is 5.32 Å². The number of nitrogens with zero attached hydrogens (tertiary/aromatic N) is 2. The van der Waals surface area contributed by atoms with E-state index in [1.807, 2.05) is 4.98 Å². The number of amides is 1. The highest BCUT2D eigenvalue weighted by Crippen LogP contribution is 2.30. The molecule has 0 spiro atoms. The molecule has 2 rings (SSSR count). The number of halogens is 3. The summed E-state index contributed by atoms with van der Waals surface area (Å²) >= 11 is 0.